The van der Waals surface area contributed by atoms with Gasteiger partial charge in [0.25, 0.3) is 0 Å². The zero-order valence-corrected chi connectivity index (χ0v) is 13.3. The minimum absolute atomic E-state index is 0.740. The van der Waals surface area contributed by atoms with Crippen LogP contribution in [0, 0.1) is 0 Å². The van der Waals surface area contributed by atoms with Gasteiger partial charge in [-0.05, 0) is 42.8 Å². The van der Waals surface area contributed by atoms with Crippen LogP contribution in [0.25, 0.3) is 33.2 Å². The third kappa shape index (κ3) is 2.36. The number of hydrogen-bond acceptors (Lipinski definition) is 2. The number of rotatable bonds is 4. The number of benzene rings is 1. The van der Waals surface area contributed by atoms with Gasteiger partial charge >= 0.3 is 0 Å². The zero-order valence-electron chi connectivity index (χ0n) is 13.3. The minimum atomic E-state index is 0.740. The monoisotopic (exact) mass is 305 g/mol. The number of aryl methyl sites for hydroxylation is 1. The maximum atomic E-state index is 5.79. The molecule has 4 aromatic rings. The fourth-order valence-electron chi connectivity index (χ4n) is 3.00. The van der Waals surface area contributed by atoms with Crippen LogP contribution < -0.4 is 4.74 Å². The number of aromatic nitrogens is 3. The number of nitrogens with zero attached hydrogens (tertiary/aromatic N) is 2. The Bertz CT molecular complexity index is 948. The molecule has 23 heavy (non-hydrogen) atoms. The molecule has 1 N–H and O–H groups in total. The Hall–Kier alpha value is -2.75. The van der Waals surface area contributed by atoms with Gasteiger partial charge in [-0.2, -0.15) is 0 Å². The molecule has 0 atom stereocenters. The molecule has 0 aliphatic carbocycles. The molecule has 4 heteroatoms. The van der Waals surface area contributed by atoms with Crippen molar-refractivity contribution in [3.8, 4) is 17.0 Å². The topological polar surface area (TPSA) is 42.8 Å². The highest BCUT2D eigenvalue weighted by Gasteiger charge is 2.12. The first-order valence-electron chi connectivity index (χ1n) is 7.92. The minimum Gasteiger partial charge on any atom is -0.494 e. The van der Waals surface area contributed by atoms with Crippen molar-refractivity contribution in [1.82, 2.24) is 14.5 Å². The van der Waals surface area contributed by atoms with Gasteiger partial charge in [-0.3, -0.25) is 0 Å². The zero-order chi connectivity index (χ0) is 15.8. The lowest BCUT2D eigenvalue weighted by atomic mass is 10.1. The van der Waals surface area contributed by atoms with Crippen molar-refractivity contribution < 1.29 is 4.74 Å². The van der Waals surface area contributed by atoms with Crippen molar-refractivity contribution >= 4 is 21.9 Å². The number of H-pyrrole nitrogens is 1. The van der Waals surface area contributed by atoms with E-state index in [2.05, 4.69) is 59.0 Å². The van der Waals surface area contributed by atoms with Crippen molar-refractivity contribution in [3.63, 3.8) is 0 Å². The van der Waals surface area contributed by atoms with Crippen molar-refractivity contribution in [1.29, 1.82) is 0 Å². The van der Waals surface area contributed by atoms with Gasteiger partial charge in [-0.25, -0.2) is 4.98 Å². The van der Waals surface area contributed by atoms with Crippen LogP contribution in [0.5, 0.6) is 5.75 Å². The van der Waals surface area contributed by atoms with Crippen molar-refractivity contribution in [3.05, 3.63) is 48.8 Å². The Labute approximate surface area is 134 Å². The molecule has 0 bridgehead atoms. The molecule has 0 saturated carbocycles. The Balaban J connectivity index is 1.87. The van der Waals surface area contributed by atoms with Crippen LogP contribution >= 0.6 is 0 Å². The summed E-state index contributed by atoms with van der Waals surface area (Å²) in [4.78, 5) is 7.80. The second-order valence-electron chi connectivity index (χ2n) is 5.81. The third-order valence-corrected chi connectivity index (χ3v) is 4.12. The molecular weight excluding hydrogens is 286 g/mol. The fourth-order valence-corrected chi connectivity index (χ4v) is 3.00. The van der Waals surface area contributed by atoms with Crippen LogP contribution in [0.2, 0.25) is 0 Å². The van der Waals surface area contributed by atoms with E-state index in [1.54, 1.807) is 0 Å². The average Bonchev–Trinajstić information content (AvgIpc) is 3.14. The van der Waals surface area contributed by atoms with Gasteiger partial charge in [0.2, 0.25) is 0 Å². The van der Waals surface area contributed by atoms with Crippen molar-refractivity contribution in [2.75, 3.05) is 6.61 Å². The number of fused-ring (bicyclic) bond motifs is 2. The second-order valence-corrected chi connectivity index (χ2v) is 5.81. The predicted molar refractivity (Wildman–Crippen MR) is 93.8 cm³/mol. The maximum Gasteiger partial charge on any atom is 0.137 e. The molecule has 4 nitrogen and oxygen atoms in total. The fraction of sp³-hybridized carbons (Fsp3) is 0.211. The van der Waals surface area contributed by atoms with Crippen LogP contribution in [-0.2, 0) is 7.05 Å². The summed E-state index contributed by atoms with van der Waals surface area (Å²) in [6.45, 7) is 2.86. The van der Waals surface area contributed by atoms with E-state index in [0.29, 0.717) is 0 Å². The SMILES string of the molecule is CCCOc1ccc2c(c1)c(-c1cc3cccnc3[nH]1)cn2C. The Morgan fingerprint density at radius 3 is 2.96 bits per heavy atom. The summed E-state index contributed by atoms with van der Waals surface area (Å²) >= 11 is 0. The van der Waals surface area contributed by atoms with Gasteiger partial charge in [0.1, 0.15) is 11.4 Å². The summed E-state index contributed by atoms with van der Waals surface area (Å²) in [5.41, 5.74) is 4.35. The lowest BCUT2D eigenvalue weighted by molar-refractivity contribution is 0.318. The quantitative estimate of drug-likeness (QED) is 0.603. The molecule has 0 amide bonds. The molecule has 0 spiro atoms. The third-order valence-electron chi connectivity index (χ3n) is 4.12. The molecule has 1 aromatic carbocycles. The molecule has 4 rings (SSSR count). The van der Waals surface area contributed by atoms with E-state index in [1.807, 2.05) is 18.3 Å². The number of pyridine rings is 1. The number of hydrogen-bond donors (Lipinski definition) is 1. The summed E-state index contributed by atoms with van der Waals surface area (Å²) in [6.07, 6.45) is 4.97. The summed E-state index contributed by atoms with van der Waals surface area (Å²) in [6, 6.07) is 12.5. The highest BCUT2D eigenvalue weighted by atomic mass is 16.5. The summed E-state index contributed by atoms with van der Waals surface area (Å²) in [7, 11) is 2.07. The van der Waals surface area contributed by atoms with Gasteiger partial charge < -0.3 is 14.3 Å². The van der Waals surface area contributed by atoms with E-state index in [0.717, 1.165) is 35.5 Å². The number of nitrogens with one attached hydrogen (secondary N) is 1. The molecule has 0 aliphatic rings. The van der Waals surface area contributed by atoms with Gasteiger partial charge in [0.15, 0.2) is 0 Å². The molecule has 0 unspecified atom stereocenters. The first kappa shape index (κ1) is 13.9. The van der Waals surface area contributed by atoms with E-state index in [-0.39, 0.29) is 0 Å². The van der Waals surface area contributed by atoms with Crippen LogP contribution in [-0.4, -0.2) is 21.1 Å². The van der Waals surface area contributed by atoms with E-state index in [9.17, 15) is 0 Å². The van der Waals surface area contributed by atoms with Crippen molar-refractivity contribution in [2.24, 2.45) is 7.05 Å². The Morgan fingerprint density at radius 1 is 1.22 bits per heavy atom. The first-order chi connectivity index (χ1) is 11.3. The molecule has 3 heterocycles. The van der Waals surface area contributed by atoms with Gasteiger partial charge in [-0.1, -0.05) is 6.92 Å². The Morgan fingerprint density at radius 2 is 2.13 bits per heavy atom. The van der Waals surface area contributed by atoms with E-state index < -0.39 is 0 Å². The number of ether oxygens (including phenoxy) is 1. The molecule has 0 saturated heterocycles. The highest BCUT2D eigenvalue weighted by Crippen LogP contribution is 2.33. The first-order valence-corrected chi connectivity index (χ1v) is 7.92. The standard InChI is InChI=1S/C19H19N3O/c1-3-9-23-14-6-7-18-15(11-14)16(12-22(18)2)17-10-13-5-4-8-20-19(13)21-17/h4-8,10-12H,3,9H2,1-2H3,(H,20,21). The van der Waals surface area contributed by atoms with Gasteiger partial charge in [-0.15, -0.1) is 0 Å². The molecule has 0 aliphatic heterocycles. The van der Waals surface area contributed by atoms with Gasteiger partial charge in [0.05, 0.1) is 6.61 Å². The smallest absolute Gasteiger partial charge is 0.137 e. The van der Waals surface area contributed by atoms with Crippen molar-refractivity contribution in [2.45, 2.75) is 13.3 Å². The normalized spacial score (nSPS) is 11.4. The molecule has 0 fully saturated rings. The van der Waals surface area contributed by atoms with Crippen LogP contribution in [0.15, 0.2) is 48.8 Å². The van der Waals surface area contributed by atoms with Crippen LogP contribution in [0.4, 0.5) is 0 Å². The second kappa shape index (κ2) is 5.47. The predicted octanol–water partition coefficient (Wildman–Crippen LogP) is 4.51. The number of aromatic amines is 1. The van der Waals surface area contributed by atoms with E-state index >= 15 is 0 Å². The lowest BCUT2D eigenvalue weighted by Crippen LogP contribution is -1.94. The maximum absolute atomic E-state index is 5.79. The molecule has 3 aromatic heterocycles. The summed E-state index contributed by atoms with van der Waals surface area (Å²) < 4.78 is 7.94. The lowest BCUT2D eigenvalue weighted by Gasteiger charge is -2.05. The summed E-state index contributed by atoms with van der Waals surface area (Å²) in [5.74, 6) is 0.918. The molecule has 116 valence electrons. The summed E-state index contributed by atoms with van der Waals surface area (Å²) in [5, 5.41) is 2.31. The van der Waals surface area contributed by atoms with Crippen LogP contribution in [0.3, 0.4) is 0 Å². The highest BCUT2D eigenvalue weighted by molar-refractivity contribution is 5.98. The average molecular weight is 305 g/mol. The molecule has 0 radical (unpaired) electrons. The van der Waals surface area contributed by atoms with E-state index in [1.165, 1.54) is 16.5 Å². The Kier molecular flexibility index (Phi) is 3.30. The van der Waals surface area contributed by atoms with Gasteiger partial charge in [0, 0.05) is 47.0 Å². The largest absolute Gasteiger partial charge is 0.494 e. The van der Waals surface area contributed by atoms with E-state index in [4.69, 9.17) is 4.74 Å². The molecular formula is C19H19N3O. The van der Waals surface area contributed by atoms with Crippen LogP contribution in [0.1, 0.15) is 13.3 Å².